The van der Waals surface area contributed by atoms with E-state index in [0.29, 0.717) is 5.56 Å². The Balaban J connectivity index is 2.42. The predicted molar refractivity (Wildman–Crippen MR) is 61.2 cm³/mol. The lowest BCUT2D eigenvalue weighted by Gasteiger charge is -2.03. The lowest BCUT2D eigenvalue weighted by Crippen LogP contribution is -2.06. The first kappa shape index (κ1) is 12.0. The fourth-order valence-electron chi connectivity index (χ4n) is 1.46. The van der Waals surface area contributed by atoms with Gasteiger partial charge < -0.3 is 19.4 Å². The van der Waals surface area contributed by atoms with Crippen molar-refractivity contribution in [2.45, 2.75) is 6.92 Å². The molecule has 0 bridgehead atoms. The molecule has 6 heteroatoms. The minimum atomic E-state index is -0.603. The quantitative estimate of drug-likeness (QED) is 0.637. The van der Waals surface area contributed by atoms with Gasteiger partial charge in [0.05, 0.1) is 6.61 Å². The molecule has 0 spiro atoms. The zero-order valence-corrected chi connectivity index (χ0v) is 9.58. The highest BCUT2D eigenvalue weighted by atomic mass is 16.5. The van der Waals surface area contributed by atoms with Gasteiger partial charge in [0.25, 0.3) is 0 Å². The number of ether oxygens (including phenoxy) is 1. The van der Waals surface area contributed by atoms with Gasteiger partial charge >= 0.3 is 5.97 Å². The number of esters is 1. The first-order valence-corrected chi connectivity index (χ1v) is 5.26. The van der Waals surface area contributed by atoms with Gasteiger partial charge in [0.1, 0.15) is 0 Å². The monoisotopic (exact) mass is 249 g/mol. The molecule has 0 saturated heterocycles. The van der Waals surface area contributed by atoms with Crippen LogP contribution >= 0.6 is 0 Å². The van der Waals surface area contributed by atoms with Gasteiger partial charge in [0.2, 0.25) is 0 Å². The lowest BCUT2D eigenvalue weighted by molar-refractivity contribution is 0.0520. The summed E-state index contributed by atoms with van der Waals surface area (Å²) < 4.78 is 9.94. The molecule has 0 saturated carbocycles. The lowest BCUT2D eigenvalue weighted by atomic mass is 10.1. The molecule has 0 atom stereocenters. The van der Waals surface area contributed by atoms with Gasteiger partial charge in [0.15, 0.2) is 29.3 Å². The van der Waals surface area contributed by atoms with Gasteiger partial charge in [-0.1, -0.05) is 0 Å². The molecule has 18 heavy (non-hydrogen) atoms. The maximum atomic E-state index is 11.6. The van der Waals surface area contributed by atoms with E-state index in [-0.39, 0.29) is 29.6 Å². The number of benzene rings is 1. The summed E-state index contributed by atoms with van der Waals surface area (Å²) >= 11 is 0. The van der Waals surface area contributed by atoms with Crippen LogP contribution in [0, 0.1) is 0 Å². The number of carbonyl (C=O) groups is 1. The molecule has 0 aliphatic heterocycles. The van der Waals surface area contributed by atoms with Crippen molar-refractivity contribution in [3.8, 4) is 22.8 Å². The highest BCUT2D eigenvalue weighted by Crippen LogP contribution is 2.32. The normalized spacial score (nSPS) is 10.3. The predicted octanol–water partition coefficient (Wildman–Crippen LogP) is 1.93. The highest BCUT2D eigenvalue weighted by molar-refractivity contribution is 5.93. The summed E-state index contributed by atoms with van der Waals surface area (Å²) in [6.45, 7) is 1.91. The number of carbonyl (C=O) groups excluding carboxylic acids is 1. The minimum absolute atomic E-state index is 0.0296. The summed E-state index contributed by atoms with van der Waals surface area (Å²) in [7, 11) is 0. The van der Waals surface area contributed by atoms with Gasteiger partial charge in [-0.3, -0.25) is 0 Å². The number of aromatic hydroxyl groups is 2. The third-order valence-corrected chi connectivity index (χ3v) is 2.27. The summed E-state index contributed by atoms with van der Waals surface area (Å²) in [6.07, 6.45) is 1.12. The molecule has 0 aliphatic carbocycles. The maximum Gasteiger partial charge on any atom is 0.360 e. The Morgan fingerprint density at radius 2 is 2.17 bits per heavy atom. The number of hydrogen-bond donors (Lipinski definition) is 2. The molecule has 1 aromatic carbocycles. The van der Waals surface area contributed by atoms with E-state index in [1.54, 1.807) is 6.92 Å². The van der Waals surface area contributed by atoms with Crippen molar-refractivity contribution in [1.29, 1.82) is 0 Å². The SMILES string of the molecule is CCOC(=O)c1ncoc1-c1ccc(O)c(O)c1. The molecule has 0 amide bonds. The summed E-state index contributed by atoms with van der Waals surface area (Å²) in [5, 5.41) is 18.6. The van der Waals surface area contributed by atoms with Crippen molar-refractivity contribution < 1.29 is 24.2 Å². The smallest absolute Gasteiger partial charge is 0.360 e. The second kappa shape index (κ2) is 4.79. The molecule has 2 aromatic rings. The summed E-state index contributed by atoms with van der Waals surface area (Å²) in [4.78, 5) is 15.4. The van der Waals surface area contributed by atoms with Crippen LogP contribution in [0.4, 0.5) is 0 Å². The largest absolute Gasteiger partial charge is 0.504 e. The van der Waals surface area contributed by atoms with Crippen LogP contribution in [0.1, 0.15) is 17.4 Å². The summed E-state index contributed by atoms with van der Waals surface area (Å²) in [5.41, 5.74) is 0.452. The van der Waals surface area contributed by atoms with Crippen molar-refractivity contribution >= 4 is 5.97 Å². The number of nitrogens with zero attached hydrogens (tertiary/aromatic N) is 1. The topological polar surface area (TPSA) is 92.8 Å². The molecule has 1 heterocycles. The van der Waals surface area contributed by atoms with Crippen LogP contribution in [0.15, 0.2) is 29.0 Å². The number of rotatable bonds is 3. The molecule has 0 radical (unpaired) electrons. The molecule has 0 fully saturated rings. The van der Waals surface area contributed by atoms with Gasteiger partial charge in [-0.2, -0.15) is 0 Å². The molecule has 94 valence electrons. The Kier molecular flexibility index (Phi) is 3.18. The van der Waals surface area contributed by atoms with E-state index in [9.17, 15) is 15.0 Å². The molecular formula is C12H11NO5. The van der Waals surface area contributed by atoms with E-state index in [4.69, 9.17) is 9.15 Å². The molecular weight excluding hydrogens is 238 g/mol. The second-order valence-corrected chi connectivity index (χ2v) is 3.45. The molecule has 2 rings (SSSR count). The zero-order chi connectivity index (χ0) is 13.1. The Morgan fingerprint density at radius 1 is 1.39 bits per heavy atom. The highest BCUT2D eigenvalue weighted by Gasteiger charge is 2.20. The van der Waals surface area contributed by atoms with Crippen LogP contribution in [0.25, 0.3) is 11.3 Å². The number of oxazole rings is 1. The molecule has 2 N–H and O–H groups in total. The average Bonchev–Trinajstić information content (AvgIpc) is 2.82. The third kappa shape index (κ3) is 2.13. The Bertz CT molecular complexity index is 576. The van der Waals surface area contributed by atoms with E-state index in [1.165, 1.54) is 18.2 Å². The van der Waals surface area contributed by atoms with E-state index < -0.39 is 5.97 Å². The number of phenolic OH excluding ortho intramolecular Hbond substituents is 2. The molecule has 1 aromatic heterocycles. The van der Waals surface area contributed by atoms with E-state index in [0.717, 1.165) is 6.39 Å². The number of phenols is 2. The van der Waals surface area contributed by atoms with Gasteiger partial charge in [-0.05, 0) is 25.1 Å². The van der Waals surface area contributed by atoms with Crippen molar-refractivity contribution in [2.24, 2.45) is 0 Å². The van der Waals surface area contributed by atoms with E-state index >= 15 is 0 Å². The fourth-order valence-corrected chi connectivity index (χ4v) is 1.46. The van der Waals surface area contributed by atoms with E-state index in [1.807, 2.05) is 0 Å². The average molecular weight is 249 g/mol. The van der Waals surface area contributed by atoms with Gasteiger partial charge in [-0.25, -0.2) is 9.78 Å². The number of aromatic nitrogens is 1. The van der Waals surface area contributed by atoms with Crippen molar-refractivity contribution in [3.05, 3.63) is 30.3 Å². The Hall–Kier alpha value is -2.50. The van der Waals surface area contributed by atoms with Crippen LogP contribution < -0.4 is 0 Å². The fraction of sp³-hybridized carbons (Fsp3) is 0.167. The Labute approximate surface area is 102 Å². The first-order chi connectivity index (χ1) is 8.63. The van der Waals surface area contributed by atoms with Crippen LogP contribution in [-0.4, -0.2) is 27.8 Å². The van der Waals surface area contributed by atoms with Crippen LogP contribution in [0.5, 0.6) is 11.5 Å². The third-order valence-electron chi connectivity index (χ3n) is 2.27. The minimum Gasteiger partial charge on any atom is -0.504 e. The van der Waals surface area contributed by atoms with Crippen LogP contribution in [0.3, 0.4) is 0 Å². The Morgan fingerprint density at radius 3 is 2.83 bits per heavy atom. The molecule has 6 nitrogen and oxygen atoms in total. The van der Waals surface area contributed by atoms with Crippen molar-refractivity contribution in [1.82, 2.24) is 4.98 Å². The van der Waals surface area contributed by atoms with Gasteiger partial charge in [-0.15, -0.1) is 0 Å². The van der Waals surface area contributed by atoms with Crippen LogP contribution in [-0.2, 0) is 4.74 Å². The van der Waals surface area contributed by atoms with Crippen molar-refractivity contribution in [2.75, 3.05) is 6.61 Å². The van der Waals surface area contributed by atoms with Crippen LogP contribution in [0.2, 0.25) is 0 Å². The molecule has 0 unspecified atom stereocenters. The second-order valence-electron chi connectivity index (χ2n) is 3.45. The maximum absolute atomic E-state index is 11.6. The zero-order valence-electron chi connectivity index (χ0n) is 9.58. The number of hydrogen-bond acceptors (Lipinski definition) is 6. The molecule has 0 aliphatic rings. The first-order valence-electron chi connectivity index (χ1n) is 5.26. The summed E-state index contributed by atoms with van der Waals surface area (Å²) in [5.74, 6) is -0.979. The van der Waals surface area contributed by atoms with E-state index in [2.05, 4.69) is 4.98 Å². The van der Waals surface area contributed by atoms with Crippen molar-refractivity contribution in [3.63, 3.8) is 0 Å². The standard InChI is InChI=1S/C12H11NO5/c1-2-17-12(16)10-11(18-6-13-10)7-3-4-8(14)9(15)5-7/h3-6,14-15H,2H2,1H3. The van der Waals surface area contributed by atoms with Gasteiger partial charge in [0, 0.05) is 5.56 Å². The summed E-state index contributed by atoms with van der Waals surface area (Å²) in [6, 6.07) is 4.07.